The second-order valence-corrected chi connectivity index (χ2v) is 7.28. The van der Waals surface area contributed by atoms with Gasteiger partial charge in [-0.1, -0.05) is 11.6 Å². The van der Waals surface area contributed by atoms with Crippen molar-refractivity contribution in [3.05, 3.63) is 28.8 Å². The second-order valence-electron chi connectivity index (χ2n) is 4.91. The van der Waals surface area contributed by atoms with Gasteiger partial charge >= 0.3 is 5.97 Å². The highest BCUT2D eigenvalue weighted by atomic mass is 35.5. The molecule has 1 aliphatic heterocycles. The Kier molecular flexibility index (Phi) is 6.64. The fraction of sp³-hybridized carbons (Fsp3) is 0.462. The van der Waals surface area contributed by atoms with E-state index in [1.54, 1.807) is 0 Å². The highest BCUT2D eigenvalue weighted by molar-refractivity contribution is 7.89. The molecule has 124 valence electrons. The third kappa shape index (κ3) is 4.11. The minimum atomic E-state index is -3.69. The first kappa shape index (κ1) is 19.2. The van der Waals surface area contributed by atoms with Crippen molar-refractivity contribution in [2.75, 3.05) is 20.2 Å². The number of nitrogens with two attached hydrogens (primary N) is 1. The largest absolute Gasteiger partial charge is 0.465 e. The van der Waals surface area contributed by atoms with Gasteiger partial charge in [0.25, 0.3) is 0 Å². The number of carbonyl (C=O) groups excluding carboxylic acids is 1. The molecule has 2 N–H and O–H groups in total. The molecule has 2 rings (SSSR count). The summed E-state index contributed by atoms with van der Waals surface area (Å²) in [5, 5.41) is 0.171. The second kappa shape index (κ2) is 7.61. The Morgan fingerprint density at radius 3 is 2.45 bits per heavy atom. The van der Waals surface area contributed by atoms with Crippen molar-refractivity contribution in [3.8, 4) is 0 Å². The van der Waals surface area contributed by atoms with E-state index in [-0.39, 0.29) is 33.9 Å². The molecule has 1 saturated heterocycles. The third-order valence-corrected chi connectivity index (χ3v) is 5.52. The van der Waals surface area contributed by atoms with Crippen molar-refractivity contribution in [2.45, 2.75) is 23.8 Å². The number of esters is 1. The minimum Gasteiger partial charge on any atom is -0.465 e. The number of halogens is 2. The lowest BCUT2D eigenvalue weighted by molar-refractivity contribution is 0.0600. The molecular formula is C13H18Cl2N2O4S. The lowest BCUT2D eigenvalue weighted by Gasteiger charge is -2.29. The number of carbonyl (C=O) groups is 1. The molecule has 22 heavy (non-hydrogen) atoms. The van der Waals surface area contributed by atoms with Crippen LogP contribution in [0.5, 0.6) is 0 Å². The van der Waals surface area contributed by atoms with E-state index in [9.17, 15) is 13.2 Å². The fourth-order valence-electron chi connectivity index (χ4n) is 2.21. The van der Waals surface area contributed by atoms with E-state index in [0.717, 1.165) is 0 Å². The van der Waals surface area contributed by atoms with Gasteiger partial charge in [0.2, 0.25) is 10.0 Å². The molecule has 0 aromatic heterocycles. The van der Waals surface area contributed by atoms with Gasteiger partial charge in [-0.25, -0.2) is 13.2 Å². The Bertz CT molecular complexity index is 643. The van der Waals surface area contributed by atoms with Gasteiger partial charge in [-0.2, -0.15) is 4.31 Å². The van der Waals surface area contributed by atoms with Crippen molar-refractivity contribution < 1.29 is 17.9 Å². The first-order valence-electron chi connectivity index (χ1n) is 6.49. The number of methoxy groups -OCH3 is 1. The number of hydrogen-bond acceptors (Lipinski definition) is 5. The van der Waals surface area contributed by atoms with Crippen LogP contribution in [-0.4, -0.2) is 44.9 Å². The Morgan fingerprint density at radius 2 is 1.91 bits per heavy atom. The van der Waals surface area contributed by atoms with Crippen LogP contribution in [0.25, 0.3) is 0 Å². The predicted octanol–water partition coefficient (Wildman–Crippen LogP) is 1.66. The molecule has 0 unspecified atom stereocenters. The summed E-state index contributed by atoms with van der Waals surface area (Å²) >= 11 is 5.91. The highest BCUT2D eigenvalue weighted by Gasteiger charge is 2.29. The summed E-state index contributed by atoms with van der Waals surface area (Å²) in [6.07, 6.45) is 1.23. The molecule has 6 nitrogen and oxygen atoms in total. The van der Waals surface area contributed by atoms with Crippen LogP contribution >= 0.6 is 24.0 Å². The van der Waals surface area contributed by atoms with Crippen LogP contribution in [0, 0.1) is 0 Å². The molecule has 9 heteroatoms. The summed E-state index contributed by atoms with van der Waals surface area (Å²) in [4.78, 5) is 11.5. The molecule has 0 aliphatic carbocycles. The van der Waals surface area contributed by atoms with Gasteiger partial charge in [0.05, 0.1) is 17.6 Å². The Hall–Kier alpha value is -0.860. The number of sulfonamides is 1. The van der Waals surface area contributed by atoms with E-state index in [1.807, 2.05) is 0 Å². The third-order valence-electron chi connectivity index (χ3n) is 3.43. The number of hydrogen-bond donors (Lipinski definition) is 1. The van der Waals surface area contributed by atoms with Crippen molar-refractivity contribution in [2.24, 2.45) is 5.73 Å². The molecule has 1 heterocycles. The van der Waals surface area contributed by atoms with Crippen LogP contribution in [0.15, 0.2) is 23.1 Å². The van der Waals surface area contributed by atoms with E-state index >= 15 is 0 Å². The number of rotatable bonds is 3. The molecule has 0 spiro atoms. The summed E-state index contributed by atoms with van der Waals surface area (Å²) in [7, 11) is -2.46. The quantitative estimate of drug-likeness (QED) is 0.819. The van der Waals surface area contributed by atoms with Gasteiger partial charge in [0.1, 0.15) is 0 Å². The topological polar surface area (TPSA) is 89.7 Å². The SMILES string of the molecule is COC(=O)c1cc(Cl)cc(S(=O)(=O)N2CCC(N)CC2)c1.Cl. The molecule has 1 aliphatic rings. The molecule has 0 radical (unpaired) electrons. The number of ether oxygens (including phenoxy) is 1. The van der Waals surface area contributed by atoms with Crippen molar-refractivity contribution >= 4 is 40.0 Å². The molecule has 0 atom stereocenters. The van der Waals surface area contributed by atoms with Gasteiger partial charge in [-0.3, -0.25) is 0 Å². The zero-order valence-corrected chi connectivity index (χ0v) is 14.4. The van der Waals surface area contributed by atoms with Crippen molar-refractivity contribution in [1.82, 2.24) is 4.31 Å². The number of piperidine rings is 1. The average Bonchev–Trinajstić information content (AvgIpc) is 2.46. The van der Waals surface area contributed by atoms with Crippen LogP contribution in [-0.2, 0) is 14.8 Å². The van der Waals surface area contributed by atoms with Crippen LogP contribution < -0.4 is 5.73 Å². The summed E-state index contributed by atoms with van der Waals surface area (Å²) < 4.78 is 31.1. The monoisotopic (exact) mass is 368 g/mol. The Morgan fingerprint density at radius 1 is 1.32 bits per heavy atom. The zero-order chi connectivity index (χ0) is 15.6. The van der Waals surface area contributed by atoms with Crippen molar-refractivity contribution in [3.63, 3.8) is 0 Å². The maximum Gasteiger partial charge on any atom is 0.337 e. The standard InChI is InChI=1S/C13H17ClN2O4S.ClH/c1-20-13(17)9-6-10(14)8-12(7-9)21(18,19)16-4-2-11(15)3-5-16;/h6-8,11H,2-5,15H2,1H3;1H. The first-order chi connectivity index (χ1) is 9.84. The normalized spacial score (nSPS) is 16.9. The van der Waals surface area contributed by atoms with E-state index in [0.29, 0.717) is 25.9 Å². The zero-order valence-electron chi connectivity index (χ0n) is 12.0. The van der Waals surface area contributed by atoms with E-state index in [1.165, 1.54) is 29.6 Å². The fourth-order valence-corrected chi connectivity index (χ4v) is 4.05. The van der Waals surface area contributed by atoms with Gasteiger partial charge in [-0.05, 0) is 31.0 Å². The lowest BCUT2D eigenvalue weighted by atomic mass is 10.1. The molecule has 1 aromatic carbocycles. The molecule has 0 saturated carbocycles. The van der Waals surface area contributed by atoms with Gasteiger partial charge in [0.15, 0.2) is 0 Å². The summed E-state index contributed by atoms with van der Waals surface area (Å²) in [6.45, 7) is 0.729. The smallest absolute Gasteiger partial charge is 0.337 e. The number of benzene rings is 1. The van der Waals surface area contributed by atoms with Crippen LogP contribution in [0.2, 0.25) is 5.02 Å². The average molecular weight is 369 g/mol. The van der Waals surface area contributed by atoms with Crippen LogP contribution in [0.1, 0.15) is 23.2 Å². The van der Waals surface area contributed by atoms with Crippen molar-refractivity contribution in [1.29, 1.82) is 0 Å². The molecular weight excluding hydrogens is 351 g/mol. The van der Waals surface area contributed by atoms with E-state index in [2.05, 4.69) is 4.74 Å². The Labute approximate surface area is 141 Å². The molecule has 1 fully saturated rings. The maximum atomic E-state index is 12.6. The molecule has 0 bridgehead atoms. The maximum absolute atomic E-state index is 12.6. The van der Waals surface area contributed by atoms with Crippen LogP contribution in [0.4, 0.5) is 0 Å². The van der Waals surface area contributed by atoms with E-state index < -0.39 is 16.0 Å². The summed E-state index contributed by atoms with van der Waals surface area (Å²) in [5.41, 5.74) is 5.89. The predicted molar refractivity (Wildman–Crippen MR) is 86.0 cm³/mol. The highest BCUT2D eigenvalue weighted by Crippen LogP contribution is 2.24. The minimum absolute atomic E-state index is 0. The summed E-state index contributed by atoms with van der Waals surface area (Å²) in [5.74, 6) is -0.630. The first-order valence-corrected chi connectivity index (χ1v) is 8.31. The lowest BCUT2D eigenvalue weighted by Crippen LogP contribution is -2.42. The van der Waals surface area contributed by atoms with Gasteiger partial charge in [-0.15, -0.1) is 12.4 Å². The Balaban J connectivity index is 0.00000242. The van der Waals surface area contributed by atoms with Gasteiger partial charge < -0.3 is 10.5 Å². The molecule has 0 amide bonds. The molecule has 1 aromatic rings. The summed E-state index contributed by atoms with van der Waals surface area (Å²) in [6, 6.07) is 4.01. The number of nitrogens with zero attached hydrogens (tertiary/aromatic N) is 1. The van der Waals surface area contributed by atoms with Crippen LogP contribution in [0.3, 0.4) is 0 Å². The van der Waals surface area contributed by atoms with Gasteiger partial charge in [0, 0.05) is 24.2 Å². The van der Waals surface area contributed by atoms with E-state index in [4.69, 9.17) is 17.3 Å².